The van der Waals surface area contributed by atoms with E-state index in [2.05, 4.69) is 291 Å². The molecule has 0 saturated heterocycles. The van der Waals surface area contributed by atoms with E-state index in [1.165, 1.54) is 54.6 Å². The van der Waals surface area contributed by atoms with Gasteiger partial charge in [-0.3, -0.25) is 0 Å². The van der Waals surface area contributed by atoms with Gasteiger partial charge in [0.05, 0.1) is 31.7 Å². The first-order valence-electron chi connectivity index (χ1n) is 23.7. The molecule has 388 valence electrons. The van der Waals surface area contributed by atoms with Gasteiger partial charge >= 0.3 is 44.8 Å². The summed E-state index contributed by atoms with van der Waals surface area (Å²) in [5.74, 6) is 6.53. The Bertz CT molecular complexity index is 2700. The number of rotatable bonds is 12. The van der Waals surface area contributed by atoms with Crippen molar-refractivity contribution in [2.45, 2.75) is 9.79 Å². The van der Waals surface area contributed by atoms with Crippen LogP contribution in [0, 0.1) is 23.3 Å². The monoisotopic (exact) mass is 1300 g/mol. The Balaban J connectivity index is 0.000000208. The quantitative estimate of drug-likeness (QED) is 0.0517. The Morgan fingerprint density at radius 1 is 0.224 bits per heavy atom. The Morgan fingerprint density at radius 2 is 0.382 bits per heavy atom. The van der Waals surface area contributed by atoms with Crippen LogP contribution >= 0.6 is 31.7 Å². The largest absolute Gasteiger partial charge is 1.00 e. The number of halogens is 4. The van der Waals surface area contributed by atoms with Crippen LogP contribution in [0.25, 0.3) is 0 Å². The molecule has 0 spiro atoms. The van der Waals surface area contributed by atoms with Crippen molar-refractivity contribution in [3.63, 3.8) is 0 Å². The zero-order valence-electron chi connectivity index (χ0n) is 40.8. The molecule has 76 heavy (non-hydrogen) atoms. The summed E-state index contributed by atoms with van der Waals surface area (Å²) in [6, 6.07) is 94.1. The first kappa shape index (κ1) is 61.9. The normalized spacial score (nSPS) is 10.6. The molecule has 0 unspecified atom stereocenters. The Labute approximate surface area is 492 Å². The summed E-state index contributed by atoms with van der Waals surface area (Å²) in [7, 11) is -3.86. The number of benzene rings is 10. The summed E-state index contributed by atoms with van der Waals surface area (Å²) in [6.07, 6.45) is 0. The minimum atomic E-state index is -0.964. The summed E-state index contributed by atoms with van der Waals surface area (Å²) in [6.45, 7) is 0. The van der Waals surface area contributed by atoms with Crippen LogP contribution < -0.4 is 42.4 Å². The Hall–Kier alpha value is -4.96. The molecule has 0 radical (unpaired) electrons. The van der Waals surface area contributed by atoms with E-state index in [0.29, 0.717) is 9.79 Å². The van der Waals surface area contributed by atoms with E-state index in [1.54, 1.807) is 0 Å². The molecular weight excluding hydrogens is 1250 g/mol. The van der Waals surface area contributed by atoms with Gasteiger partial charge in [0, 0.05) is 0 Å². The third kappa shape index (κ3) is 19.8. The average Bonchev–Trinajstić information content (AvgIpc) is 3.46. The summed E-state index contributed by atoms with van der Waals surface area (Å²) < 4.78 is 48.4. The zero-order valence-corrected chi connectivity index (χ0v) is 49.4. The van der Waals surface area contributed by atoms with Crippen molar-refractivity contribution in [1.82, 2.24) is 0 Å². The first-order valence-corrected chi connectivity index (χ1v) is 30.9. The second-order valence-corrected chi connectivity index (χ2v) is 26.6. The van der Waals surface area contributed by atoms with Crippen LogP contribution in [0.15, 0.2) is 312 Å². The van der Waals surface area contributed by atoms with Crippen molar-refractivity contribution in [3.8, 4) is 0 Å². The van der Waals surface area contributed by atoms with Crippen molar-refractivity contribution >= 4 is 99.4 Å². The van der Waals surface area contributed by atoms with Crippen molar-refractivity contribution in [1.29, 1.82) is 0 Å². The molecule has 0 fully saturated rings. The van der Waals surface area contributed by atoms with Gasteiger partial charge in [0.1, 0.15) is 65.7 Å². The van der Waals surface area contributed by atoms with Crippen LogP contribution in [0.5, 0.6) is 0 Å². The molecule has 0 aliphatic heterocycles. The molecular formula is C64H54Ag2F4P4S2+4. The number of hydrogen-bond donors (Lipinski definition) is 0. The third-order valence-electron chi connectivity index (χ3n) is 11.3. The minimum absolute atomic E-state index is 0. The molecule has 0 bridgehead atoms. The van der Waals surface area contributed by atoms with Crippen LogP contribution in [0.4, 0.5) is 17.6 Å². The summed E-state index contributed by atoms with van der Waals surface area (Å²) in [4.78, 5) is 0.628. The van der Waals surface area contributed by atoms with Crippen LogP contribution in [-0.4, -0.2) is 0 Å². The second-order valence-electron chi connectivity index (χ2n) is 16.4. The van der Waals surface area contributed by atoms with Gasteiger partial charge in [-0.1, -0.05) is 158 Å². The maximum absolute atomic E-state index is 12.1. The summed E-state index contributed by atoms with van der Waals surface area (Å²) >= 11 is 9.10. The molecule has 0 N–H and O–H groups in total. The van der Waals surface area contributed by atoms with Gasteiger partial charge in [0.15, 0.2) is 23.3 Å². The fraction of sp³-hybridized carbons (Fsp3) is 0. The first-order chi connectivity index (χ1) is 36.2. The topological polar surface area (TPSA) is 0 Å². The Morgan fingerprint density at radius 3 is 0.513 bits per heavy atom. The second kappa shape index (κ2) is 34.0. The standard InChI is InChI=1S/2C26H22P2.2C6H4F2S.2Ag/c2*1-5-13-23(14-6-1)27(24-15-7-2-8-16-24)21-22-28(25-17-9-3-10-18-25)26-19-11-4-12-20-26;2*7-5-2-1-4(9)3-6(5)8;;/h2*1-22H;2*1-3,9H;;/q;;;;2*+1/p+2/b2*22-21-;;;;. The van der Waals surface area contributed by atoms with Gasteiger partial charge in [-0.25, -0.2) is 17.6 Å². The molecule has 0 aromatic heterocycles. The van der Waals surface area contributed by atoms with Crippen LogP contribution in [0.2, 0.25) is 0 Å². The van der Waals surface area contributed by atoms with Crippen LogP contribution in [0.1, 0.15) is 0 Å². The molecule has 0 aliphatic rings. The van der Waals surface area contributed by atoms with E-state index in [1.807, 2.05) is 0 Å². The van der Waals surface area contributed by atoms with Crippen molar-refractivity contribution < 1.29 is 62.3 Å². The van der Waals surface area contributed by atoms with Gasteiger partial charge < -0.3 is 25.3 Å². The molecule has 0 amide bonds. The fourth-order valence-corrected chi connectivity index (χ4v) is 18.0. The molecule has 0 saturated carbocycles. The van der Waals surface area contributed by atoms with Crippen molar-refractivity contribution in [2.75, 3.05) is 0 Å². The van der Waals surface area contributed by atoms with Gasteiger partial charge in [-0.05, 0) is 121 Å². The maximum Gasteiger partial charge on any atom is 1.00 e. The van der Waals surface area contributed by atoms with Crippen LogP contribution in [-0.2, 0) is 70.0 Å². The molecule has 0 nitrogen and oxygen atoms in total. The smallest absolute Gasteiger partial charge is 0.780 e. The maximum atomic E-state index is 12.1. The molecule has 10 rings (SSSR count). The summed E-state index contributed by atoms with van der Waals surface area (Å²) in [5.41, 5.74) is 0. The van der Waals surface area contributed by atoms with E-state index in [9.17, 15) is 17.6 Å². The number of hydrogen-bond acceptors (Lipinski definition) is 2. The minimum Gasteiger partial charge on any atom is -0.780 e. The zero-order chi connectivity index (χ0) is 51.7. The van der Waals surface area contributed by atoms with Gasteiger partial charge in [-0.15, -0.1) is 0 Å². The Kier molecular flexibility index (Phi) is 27.7. The van der Waals surface area contributed by atoms with E-state index in [0.717, 1.165) is 24.3 Å². The summed E-state index contributed by atoms with van der Waals surface area (Å²) in [5, 5.41) is 11.4. The van der Waals surface area contributed by atoms with Crippen molar-refractivity contribution in [3.05, 3.63) is 326 Å². The average molecular weight is 1300 g/mol. The molecule has 0 aliphatic carbocycles. The van der Waals surface area contributed by atoms with Crippen LogP contribution in [0.3, 0.4) is 0 Å². The SMILES string of the molecule is C(=C/[PH+](c1ccccc1)c1ccccc1)/[PH+](c1ccccc1)c1ccccc1.C(=C/[PH+](c1ccccc1)c1ccccc1)/[PH+](c1ccccc1)c1ccccc1.Fc1ccc([S-])cc1F.Fc1ccc([S-])cc1F.[Ag+].[Ag+]. The molecule has 10 aromatic rings. The van der Waals surface area contributed by atoms with Crippen molar-refractivity contribution in [2.24, 2.45) is 0 Å². The fourth-order valence-electron chi connectivity index (χ4n) is 7.67. The van der Waals surface area contributed by atoms with E-state index >= 15 is 0 Å². The third-order valence-corrected chi connectivity index (χ3v) is 22.1. The van der Waals surface area contributed by atoms with E-state index in [4.69, 9.17) is 0 Å². The predicted octanol–water partition coefficient (Wildman–Crippen LogP) is 14.1. The van der Waals surface area contributed by atoms with E-state index in [-0.39, 0.29) is 44.8 Å². The van der Waals surface area contributed by atoms with Gasteiger partial charge in [0.2, 0.25) is 0 Å². The van der Waals surface area contributed by atoms with Gasteiger partial charge in [0.25, 0.3) is 0 Å². The molecule has 12 heteroatoms. The molecule has 0 heterocycles. The molecule has 0 atom stereocenters. The van der Waals surface area contributed by atoms with E-state index < -0.39 is 55.0 Å². The van der Waals surface area contributed by atoms with Gasteiger partial charge in [-0.2, -0.15) is 9.79 Å². The molecule has 10 aromatic carbocycles. The predicted molar refractivity (Wildman–Crippen MR) is 324 cm³/mol.